The van der Waals surface area contributed by atoms with Crippen molar-refractivity contribution in [3.05, 3.63) is 59.7 Å². The molecule has 8 heteroatoms. The fourth-order valence-electron chi connectivity index (χ4n) is 4.39. The fourth-order valence-corrected chi connectivity index (χ4v) is 5.64. The van der Waals surface area contributed by atoms with Crippen LogP contribution in [0.5, 0.6) is 5.75 Å². The molecule has 2 aliphatic rings. The first-order chi connectivity index (χ1) is 15.5. The van der Waals surface area contributed by atoms with E-state index in [1.807, 2.05) is 29.2 Å². The number of nitrogens with one attached hydrogen (secondary N) is 1. The number of hydrogen-bond donors (Lipinski definition) is 1. The van der Waals surface area contributed by atoms with E-state index in [0.29, 0.717) is 24.4 Å². The van der Waals surface area contributed by atoms with Gasteiger partial charge in [-0.25, -0.2) is 8.42 Å². The van der Waals surface area contributed by atoms with Gasteiger partial charge in [0.15, 0.2) is 0 Å². The van der Waals surface area contributed by atoms with Crippen LogP contribution in [0.3, 0.4) is 0 Å². The van der Waals surface area contributed by atoms with Crippen molar-refractivity contribution in [2.45, 2.75) is 49.5 Å². The number of likely N-dealkylation sites (tertiary alicyclic amines) is 1. The molecule has 0 saturated carbocycles. The molecule has 0 spiro atoms. The van der Waals surface area contributed by atoms with Crippen LogP contribution < -0.4 is 9.46 Å². The molecule has 1 amide bonds. The van der Waals surface area contributed by atoms with Crippen LogP contribution in [0.15, 0.2) is 58.4 Å². The molecule has 1 atom stereocenters. The molecule has 0 radical (unpaired) electrons. The van der Waals surface area contributed by atoms with Gasteiger partial charge in [0.25, 0.3) is 10.0 Å². The van der Waals surface area contributed by atoms with E-state index in [1.165, 1.54) is 0 Å². The van der Waals surface area contributed by atoms with Crippen molar-refractivity contribution < 1.29 is 17.9 Å². The molecule has 0 bridgehead atoms. The van der Waals surface area contributed by atoms with E-state index in [2.05, 4.69) is 9.71 Å². The maximum Gasteiger partial charge on any atom is 0.263 e. The molecule has 1 unspecified atom stereocenters. The summed E-state index contributed by atoms with van der Waals surface area (Å²) in [6.45, 7) is 1.33. The zero-order chi connectivity index (χ0) is 22.6. The predicted molar refractivity (Wildman–Crippen MR) is 123 cm³/mol. The number of methoxy groups -OCH3 is 1. The van der Waals surface area contributed by atoms with Crippen molar-refractivity contribution in [1.29, 1.82) is 0 Å². The lowest BCUT2D eigenvalue weighted by Gasteiger charge is -2.25. The van der Waals surface area contributed by atoms with Crippen LogP contribution in [0.1, 0.15) is 55.7 Å². The highest BCUT2D eigenvalue weighted by Crippen LogP contribution is 2.33. The number of nitrogens with zero attached hydrogens (tertiary/aromatic N) is 2. The number of rotatable bonds is 8. The zero-order valence-electron chi connectivity index (χ0n) is 18.3. The average molecular weight is 456 g/mol. The molecule has 7 nitrogen and oxygen atoms in total. The number of aliphatic imine (C=N–C) groups is 1. The maximum absolute atomic E-state index is 12.8. The Kier molecular flexibility index (Phi) is 6.79. The number of amides is 1. The van der Waals surface area contributed by atoms with E-state index >= 15 is 0 Å². The minimum atomic E-state index is -3.49. The van der Waals surface area contributed by atoms with Gasteiger partial charge in [0, 0.05) is 25.1 Å². The lowest BCUT2D eigenvalue weighted by atomic mass is 10.0. The third-order valence-electron chi connectivity index (χ3n) is 6.06. The number of sulfonamides is 1. The molecule has 1 N–H and O–H groups in total. The van der Waals surface area contributed by atoms with Gasteiger partial charge < -0.3 is 9.64 Å². The van der Waals surface area contributed by atoms with Gasteiger partial charge in [0.1, 0.15) is 11.6 Å². The molecule has 1 saturated heterocycles. The van der Waals surface area contributed by atoms with Gasteiger partial charge in [-0.1, -0.05) is 30.7 Å². The molecule has 170 valence electrons. The highest BCUT2D eigenvalue weighted by molar-refractivity contribution is 7.90. The summed E-state index contributed by atoms with van der Waals surface area (Å²) in [6, 6.07) is 15.0. The average Bonchev–Trinajstić information content (AvgIpc) is 3.39. The predicted octanol–water partition coefficient (Wildman–Crippen LogP) is 3.66. The summed E-state index contributed by atoms with van der Waals surface area (Å²) in [5.41, 5.74) is 1.79. The highest BCUT2D eigenvalue weighted by atomic mass is 32.2. The van der Waals surface area contributed by atoms with E-state index in [9.17, 15) is 13.2 Å². The van der Waals surface area contributed by atoms with Crippen molar-refractivity contribution in [2.75, 3.05) is 20.2 Å². The summed E-state index contributed by atoms with van der Waals surface area (Å²) >= 11 is 0. The van der Waals surface area contributed by atoms with Crippen molar-refractivity contribution in [1.82, 2.24) is 9.62 Å². The Morgan fingerprint density at radius 1 is 1.12 bits per heavy atom. The lowest BCUT2D eigenvalue weighted by Crippen LogP contribution is -2.30. The summed E-state index contributed by atoms with van der Waals surface area (Å²) in [6.07, 6.45) is 5.03. The third-order valence-corrected chi connectivity index (χ3v) is 7.45. The summed E-state index contributed by atoms with van der Waals surface area (Å²) in [5.74, 6) is 1.44. The van der Waals surface area contributed by atoms with Crippen LogP contribution in [0.4, 0.5) is 0 Å². The van der Waals surface area contributed by atoms with Crippen LogP contribution in [0, 0.1) is 0 Å². The maximum atomic E-state index is 12.8. The zero-order valence-corrected chi connectivity index (χ0v) is 19.1. The van der Waals surface area contributed by atoms with Crippen LogP contribution in [0.25, 0.3) is 0 Å². The minimum Gasteiger partial charge on any atom is -0.497 e. The number of carbonyl (C=O) groups is 1. The van der Waals surface area contributed by atoms with E-state index < -0.39 is 10.0 Å². The standard InChI is InChI=1S/C24H29N3O4S/c1-31-19-14-12-18(13-15-19)21-9-7-17-27(21)23(28)11-3-2-6-16-25-24-20-8-4-5-10-22(20)32(29,30)26-24/h4-5,8,10,12-15,21H,2-3,6-7,9,11,16-17H2,1H3,(H,25,26). The number of carbonyl (C=O) groups excluding carboxylic acids is 1. The summed E-state index contributed by atoms with van der Waals surface area (Å²) in [5, 5.41) is 0. The lowest BCUT2D eigenvalue weighted by molar-refractivity contribution is -0.132. The monoisotopic (exact) mass is 455 g/mol. The van der Waals surface area contributed by atoms with Crippen molar-refractivity contribution in [3.8, 4) is 5.75 Å². The van der Waals surface area contributed by atoms with Crippen molar-refractivity contribution in [3.63, 3.8) is 0 Å². The smallest absolute Gasteiger partial charge is 0.263 e. The van der Waals surface area contributed by atoms with Crippen LogP contribution in [-0.2, 0) is 14.8 Å². The van der Waals surface area contributed by atoms with Crippen molar-refractivity contribution in [2.24, 2.45) is 4.99 Å². The number of unbranched alkanes of at least 4 members (excludes halogenated alkanes) is 2. The highest BCUT2D eigenvalue weighted by Gasteiger charge is 2.30. The first-order valence-electron chi connectivity index (χ1n) is 11.1. The van der Waals surface area contributed by atoms with Gasteiger partial charge in [-0.2, -0.15) is 0 Å². The van der Waals surface area contributed by atoms with Crippen LogP contribution in [0.2, 0.25) is 0 Å². The van der Waals surface area contributed by atoms with Gasteiger partial charge in [-0.15, -0.1) is 0 Å². The van der Waals surface area contributed by atoms with E-state index in [0.717, 1.165) is 50.0 Å². The Morgan fingerprint density at radius 3 is 2.69 bits per heavy atom. The number of hydrogen-bond acceptors (Lipinski definition) is 5. The first kappa shape index (κ1) is 22.3. The SMILES string of the molecule is COc1ccc(C2CCCN2C(=O)CCCCCN=C2NS(=O)(=O)c3ccccc32)cc1. The first-order valence-corrected chi connectivity index (χ1v) is 12.6. The normalized spacial score (nSPS) is 20.2. The van der Waals surface area contributed by atoms with Gasteiger partial charge >= 0.3 is 0 Å². The van der Waals surface area contributed by atoms with Gasteiger partial charge in [-0.05, 0) is 55.5 Å². The molecule has 4 rings (SSSR count). The number of fused-ring (bicyclic) bond motifs is 1. The molecule has 32 heavy (non-hydrogen) atoms. The Morgan fingerprint density at radius 2 is 1.91 bits per heavy atom. The van der Waals surface area contributed by atoms with Gasteiger partial charge in [-0.3, -0.25) is 14.5 Å². The minimum absolute atomic E-state index is 0.148. The van der Waals surface area contributed by atoms with Crippen molar-refractivity contribution >= 4 is 21.8 Å². The topological polar surface area (TPSA) is 88.1 Å². The third kappa shape index (κ3) is 4.80. The largest absolute Gasteiger partial charge is 0.497 e. The number of amidine groups is 1. The second-order valence-corrected chi connectivity index (χ2v) is 9.81. The molecule has 2 aromatic rings. The molecular formula is C24H29N3O4S. The van der Waals surface area contributed by atoms with Gasteiger partial charge in [0.05, 0.1) is 18.0 Å². The fraction of sp³-hybridized carbons (Fsp3) is 0.417. The second kappa shape index (κ2) is 9.73. The Labute approximate surface area is 189 Å². The quantitative estimate of drug-likeness (QED) is 0.616. The van der Waals surface area contributed by atoms with E-state index in [1.54, 1.807) is 31.4 Å². The second-order valence-electron chi connectivity index (χ2n) is 8.16. The van der Waals surface area contributed by atoms with Gasteiger partial charge in [0.2, 0.25) is 5.91 Å². The van der Waals surface area contributed by atoms with E-state index in [4.69, 9.17) is 4.74 Å². The molecule has 1 fully saturated rings. The molecule has 0 aliphatic carbocycles. The molecular weight excluding hydrogens is 426 g/mol. The molecule has 2 aromatic carbocycles. The summed E-state index contributed by atoms with van der Waals surface area (Å²) < 4.78 is 32.0. The summed E-state index contributed by atoms with van der Waals surface area (Å²) in [7, 11) is -1.84. The number of benzene rings is 2. The number of ether oxygens (including phenoxy) is 1. The molecule has 2 aliphatic heterocycles. The molecule has 0 aromatic heterocycles. The molecule has 2 heterocycles. The van der Waals surface area contributed by atoms with Crippen LogP contribution >= 0.6 is 0 Å². The Balaban J connectivity index is 1.24. The van der Waals surface area contributed by atoms with E-state index in [-0.39, 0.29) is 16.8 Å². The Hall–Kier alpha value is -2.87. The van der Waals surface area contributed by atoms with Crippen LogP contribution in [-0.4, -0.2) is 45.3 Å². The Bertz CT molecular complexity index is 1100. The summed E-state index contributed by atoms with van der Waals surface area (Å²) in [4.78, 5) is 19.5.